The largest absolute Gasteiger partial charge is 0.455 e. The molecule has 2 nitrogen and oxygen atoms in total. The van der Waals surface area contributed by atoms with E-state index >= 15 is 0 Å². The van der Waals surface area contributed by atoms with E-state index in [0.29, 0.717) is 17.0 Å². The Balaban J connectivity index is 2.00. The lowest BCUT2D eigenvalue weighted by Gasteiger charge is -2.19. The van der Waals surface area contributed by atoms with Gasteiger partial charge in [-0.15, -0.1) is 0 Å². The zero-order valence-corrected chi connectivity index (χ0v) is 15.6. The molecule has 0 aliphatic carbocycles. The van der Waals surface area contributed by atoms with Gasteiger partial charge < -0.3 is 4.74 Å². The van der Waals surface area contributed by atoms with Crippen LogP contribution >= 0.6 is 0 Å². The Morgan fingerprint density at radius 1 is 1.00 bits per heavy atom. The summed E-state index contributed by atoms with van der Waals surface area (Å²) < 4.78 is 20.0. The normalized spacial score (nSPS) is 11.7. The minimum Gasteiger partial charge on any atom is -0.455 e. The van der Waals surface area contributed by atoms with Crippen LogP contribution in [0.15, 0.2) is 48.5 Å². The molecular weight excluding hydrogens is 317 g/mol. The summed E-state index contributed by atoms with van der Waals surface area (Å²) in [5.41, 5.74) is 2.29. The second-order valence-corrected chi connectivity index (χ2v) is 12.8. The summed E-state index contributed by atoms with van der Waals surface area (Å²) in [7, 11) is -1.26. The number of benzene rings is 2. The van der Waals surface area contributed by atoms with Crippen molar-refractivity contribution < 1.29 is 9.13 Å². The predicted molar refractivity (Wildman–Crippen MR) is 100 cm³/mol. The van der Waals surface area contributed by atoms with E-state index in [1.165, 1.54) is 11.6 Å². The molecule has 0 aliphatic rings. The van der Waals surface area contributed by atoms with E-state index in [4.69, 9.17) is 4.74 Å². The van der Waals surface area contributed by atoms with E-state index in [-0.39, 0.29) is 5.82 Å². The van der Waals surface area contributed by atoms with E-state index in [2.05, 4.69) is 30.7 Å². The van der Waals surface area contributed by atoms with Gasteiger partial charge in [0.1, 0.15) is 22.8 Å². The Hall–Kier alpha value is -2.20. The van der Waals surface area contributed by atoms with Crippen LogP contribution in [0.25, 0.3) is 10.9 Å². The van der Waals surface area contributed by atoms with Gasteiger partial charge in [0.05, 0.1) is 5.69 Å². The zero-order valence-electron chi connectivity index (χ0n) is 14.6. The van der Waals surface area contributed by atoms with Crippen LogP contribution in [0.2, 0.25) is 19.6 Å². The number of fused-ring (bicyclic) bond motifs is 1. The van der Waals surface area contributed by atoms with Crippen molar-refractivity contribution in [3.63, 3.8) is 0 Å². The van der Waals surface area contributed by atoms with Crippen molar-refractivity contribution in [2.24, 2.45) is 0 Å². The first-order chi connectivity index (χ1) is 11.3. The third kappa shape index (κ3) is 3.65. The van der Waals surface area contributed by atoms with Gasteiger partial charge in [0.15, 0.2) is 0 Å². The number of para-hydroxylation sites is 2. The highest BCUT2D eigenvalue weighted by atomic mass is 28.3. The molecule has 0 fully saturated rings. The molecule has 0 radical (unpaired) electrons. The molecule has 0 spiro atoms. The third-order valence-electron chi connectivity index (χ3n) is 3.85. The van der Waals surface area contributed by atoms with Gasteiger partial charge in [-0.3, -0.25) is 0 Å². The molecule has 1 aromatic heterocycles. The smallest absolute Gasteiger partial charge is 0.149 e. The summed E-state index contributed by atoms with van der Waals surface area (Å²) in [6.07, 6.45) is 0. The molecule has 0 bridgehead atoms. The monoisotopic (exact) mass is 339 g/mol. The molecule has 0 unspecified atom stereocenters. The number of hydrogen-bond acceptors (Lipinski definition) is 2. The second kappa shape index (κ2) is 6.36. The average Bonchev–Trinajstić information content (AvgIpc) is 2.50. The molecule has 0 amide bonds. The highest BCUT2D eigenvalue weighted by molar-refractivity contribution is 6.75. The molecular formula is C20H22FNOSi. The fraction of sp³-hybridized carbons (Fsp3) is 0.250. The van der Waals surface area contributed by atoms with Gasteiger partial charge in [-0.05, 0) is 36.7 Å². The van der Waals surface area contributed by atoms with E-state index in [0.717, 1.165) is 17.2 Å². The van der Waals surface area contributed by atoms with Crippen LogP contribution < -0.4 is 4.74 Å². The van der Waals surface area contributed by atoms with Crippen LogP contribution in [0.3, 0.4) is 0 Å². The first-order valence-electron chi connectivity index (χ1n) is 8.15. The van der Waals surface area contributed by atoms with Gasteiger partial charge >= 0.3 is 0 Å². The van der Waals surface area contributed by atoms with Crippen LogP contribution in [0.1, 0.15) is 11.3 Å². The third-order valence-corrected chi connectivity index (χ3v) is 5.30. The lowest BCUT2D eigenvalue weighted by molar-refractivity contribution is 0.472. The summed E-state index contributed by atoms with van der Waals surface area (Å²) in [6, 6.07) is 16.0. The van der Waals surface area contributed by atoms with E-state index in [9.17, 15) is 4.39 Å². The van der Waals surface area contributed by atoms with Crippen molar-refractivity contribution in [2.45, 2.75) is 32.6 Å². The maximum Gasteiger partial charge on any atom is 0.149 e. The van der Waals surface area contributed by atoms with Gasteiger partial charge in [0, 0.05) is 13.5 Å². The second-order valence-electron chi connectivity index (χ2n) is 7.33. The van der Waals surface area contributed by atoms with Crippen LogP contribution in [-0.2, 0) is 6.04 Å². The Kier molecular flexibility index (Phi) is 4.41. The number of pyridine rings is 1. The highest BCUT2D eigenvalue weighted by Crippen LogP contribution is 2.31. The first kappa shape index (κ1) is 16.6. The van der Waals surface area contributed by atoms with Crippen molar-refractivity contribution in [2.75, 3.05) is 0 Å². The summed E-state index contributed by atoms with van der Waals surface area (Å²) in [6.45, 7) is 8.88. The van der Waals surface area contributed by atoms with Crippen LogP contribution in [0, 0.1) is 12.7 Å². The first-order valence-corrected chi connectivity index (χ1v) is 11.9. The summed E-state index contributed by atoms with van der Waals surface area (Å²) in [5.74, 6) is 1.23. The number of nitrogens with zero attached hydrogens (tertiary/aromatic N) is 1. The molecule has 2 aromatic carbocycles. The minimum atomic E-state index is -1.26. The van der Waals surface area contributed by atoms with E-state index < -0.39 is 8.07 Å². The van der Waals surface area contributed by atoms with Crippen LogP contribution in [0.5, 0.6) is 11.5 Å². The van der Waals surface area contributed by atoms with Gasteiger partial charge in [-0.1, -0.05) is 50.0 Å². The van der Waals surface area contributed by atoms with Gasteiger partial charge in [0.25, 0.3) is 0 Å². The molecule has 0 saturated carbocycles. The maximum atomic E-state index is 13.9. The minimum absolute atomic E-state index is 0.304. The summed E-state index contributed by atoms with van der Waals surface area (Å²) in [5, 5.41) is 0.748. The van der Waals surface area contributed by atoms with Crippen molar-refractivity contribution in [1.82, 2.24) is 4.98 Å². The molecule has 24 heavy (non-hydrogen) atoms. The van der Waals surface area contributed by atoms with Crippen molar-refractivity contribution in [3.05, 3.63) is 65.6 Å². The lowest BCUT2D eigenvalue weighted by atomic mass is 10.2. The van der Waals surface area contributed by atoms with Crippen LogP contribution in [0.4, 0.5) is 4.39 Å². The number of ether oxygens (including phenoxy) is 1. The standard InChI is InChI=1S/C20H22FNOSi/c1-14-19(12-15-9-7-10-17(21)20(15)22-14)23-18-11-6-5-8-16(18)13-24(2,3)4/h5-12H,13H2,1-4H3. The molecule has 3 rings (SSSR count). The van der Waals surface area contributed by atoms with Crippen molar-refractivity contribution >= 4 is 19.0 Å². The Morgan fingerprint density at radius 3 is 2.50 bits per heavy atom. The summed E-state index contributed by atoms with van der Waals surface area (Å²) >= 11 is 0. The molecule has 0 saturated heterocycles. The topological polar surface area (TPSA) is 22.1 Å². The van der Waals surface area contributed by atoms with Crippen molar-refractivity contribution in [1.29, 1.82) is 0 Å². The number of aryl methyl sites for hydroxylation is 1. The zero-order chi connectivity index (χ0) is 17.3. The molecule has 1 heterocycles. The molecule has 4 heteroatoms. The molecule has 3 aromatic rings. The fourth-order valence-corrected chi connectivity index (χ4v) is 4.21. The lowest BCUT2D eigenvalue weighted by Crippen LogP contribution is -2.24. The maximum absolute atomic E-state index is 13.9. The van der Waals surface area contributed by atoms with Gasteiger partial charge in [-0.25, -0.2) is 9.37 Å². The number of aromatic nitrogens is 1. The fourth-order valence-electron chi connectivity index (χ4n) is 2.78. The summed E-state index contributed by atoms with van der Waals surface area (Å²) in [4.78, 5) is 4.38. The number of rotatable bonds is 4. The average molecular weight is 339 g/mol. The van der Waals surface area contributed by atoms with Gasteiger partial charge in [-0.2, -0.15) is 0 Å². The predicted octanol–water partition coefficient (Wildman–Crippen LogP) is 5.89. The number of halogens is 1. The molecule has 0 aliphatic heterocycles. The number of hydrogen-bond donors (Lipinski definition) is 0. The molecule has 0 atom stereocenters. The van der Waals surface area contributed by atoms with E-state index in [1.807, 2.05) is 37.3 Å². The molecule has 0 N–H and O–H groups in total. The highest BCUT2D eigenvalue weighted by Gasteiger charge is 2.17. The Morgan fingerprint density at radius 2 is 1.75 bits per heavy atom. The van der Waals surface area contributed by atoms with E-state index in [1.54, 1.807) is 6.07 Å². The Labute approximate surface area is 143 Å². The van der Waals surface area contributed by atoms with Crippen molar-refractivity contribution in [3.8, 4) is 11.5 Å². The SMILES string of the molecule is Cc1nc2c(F)cccc2cc1Oc1ccccc1C[Si](C)(C)C. The van der Waals surface area contributed by atoms with Gasteiger partial charge in [0.2, 0.25) is 0 Å². The molecule has 124 valence electrons. The van der Waals surface area contributed by atoms with Crippen LogP contribution in [-0.4, -0.2) is 13.1 Å². The quantitative estimate of drug-likeness (QED) is 0.553. The Bertz CT molecular complexity index is 886.